The number of nitrogen functional groups attached to an aromatic ring is 1. The first-order chi connectivity index (χ1) is 21.5. The van der Waals surface area contributed by atoms with Gasteiger partial charge in [-0.1, -0.05) is 48.4 Å². The van der Waals surface area contributed by atoms with Crippen LogP contribution in [-0.4, -0.2) is 74.8 Å². The number of alkyl halides is 1. The van der Waals surface area contributed by atoms with E-state index >= 15 is 4.39 Å². The van der Waals surface area contributed by atoms with Gasteiger partial charge in [-0.15, -0.1) is 0 Å². The minimum absolute atomic E-state index is 0.0844. The lowest BCUT2D eigenvalue weighted by atomic mass is 9.98. The monoisotopic (exact) mass is 644 g/mol. The van der Waals surface area contributed by atoms with E-state index < -0.39 is 44.3 Å². The van der Waals surface area contributed by atoms with Crippen molar-refractivity contribution < 1.29 is 42.7 Å². The van der Waals surface area contributed by atoms with Crippen molar-refractivity contribution in [1.29, 1.82) is 0 Å². The molecule has 3 heterocycles. The van der Waals surface area contributed by atoms with Crippen LogP contribution in [0.15, 0.2) is 47.5 Å². The minimum Gasteiger partial charge on any atom is -0.575 e. The fourth-order valence-electron chi connectivity index (χ4n) is 4.91. The lowest BCUT2D eigenvalue weighted by Crippen LogP contribution is -2.42. The number of rotatable bonds is 12. The van der Waals surface area contributed by atoms with Crippen LogP contribution in [0.2, 0.25) is 0 Å². The molecule has 0 aliphatic carbocycles. The summed E-state index contributed by atoms with van der Waals surface area (Å²) in [5.74, 6) is -0.393. The maximum atomic E-state index is 15.7. The van der Waals surface area contributed by atoms with Crippen LogP contribution in [0.4, 0.5) is 10.3 Å². The highest BCUT2D eigenvalue weighted by Gasteiger charge is 2.55. The molecule has 1 saturated heterocycles. The Morgan fingerprint density at radius 1 is 1.31 bits per heavy atom. The second kappa shape index (κ2) is 13.4. The maximum Gasteiger partial charge on any atom is 0.395 e. The number of nitrogens with two attached hydrogens (primary N) is 1. The number of carbonyl (C=O) groups excluding carboxylic acids is 1. The number of imidazole rings is 1. The number of anilines is 1. The minimum atomic E-state index is -2.73. The van der Waals surface area contributed by atoms with E-state index in [2.05, 4.69) is 19.7 Å². The zero-order valence-electron chi connectivity index (χ0n) is 25.1. The number of aromatic nitrogens is 4. The average Bonchev–Trinajstić information content (AvgIpc) is 3.53. The van der Waals surface area contributed by atoms with Gasteiger partial charge in [0.05, 0.1) is 20.0 Å². The zero-order chi connectivity index (χ0) is 32.3. The summed E-state index contributed by atoms with van der Waals surface area (Å²) in [6.07, 6.45) is -1.53. The lowest BCUT2D eigenvalue weighted by molar-refractivity contribution is -0.169. The lowest BCUT2D eigenvalue weighted by Gasteiger charge is -2.26. The molecule has 2 aromatic heterocycles. The molecule has 16 heteroatoms. The summed E-state index contributed by atoms with van der Waals surface area (Å²) in [5.41, 5.74) is 4.22. The van der Waals surface area contributed by atoms with E-state index in [9.17, 15) is 14.8 Å². The molecule has 1 aliphatic rings. The smallest absolute Gasteiger partial charge is 0.395 e. The van der Waals surface area contributed by atoms with E-state index in [4.69, 9.17) is 29.2 Å². The first kappa shape index (κ1) is 32.2. The number of esters is 1. The molecule has 0 radical (unpaired) electrons. The zero-order valence-corrected chi connectivity index (χ0v) is 26.0. The van der Waals surface area contributed by atoms with Gasteiger partial charge in [-0.3, -0.25) is 9.09 Å². The summed E-state index contributed by atoms with van der Waals surface area (Å²) in [4.78, 5) is 37.6. The number of unbranched alkanes of at least 4 members (excludes halogenated alkanes) is 1. The van der Waals surface area contributed by atoms with E-state index in [1.807, 2.05) is 19.1 Å². The Labute approximate surface area is 258 Å². The van der Waals surface area contributed by atoms with Crippen LogP contribution in [0, 0.1) is 0 Å². The Hall–Kier alpha value is -4.17. The molecular formula is C29H34FN6O8P. The van der Waals surface area contributed by atoms with Crippen LogP contribution in [0.1, 0.15) is 39.8 Å². The van der Waals surface area contributed by atoms with Crippen LogP contribution >= 0.6 is 8.17 Å². The van der Waals surface area contributed by atoms with Crippen LogP contribution in [-0.2, 0) is 14.3 Å². The van der Waals surface area contributed by atoms with Gasteiger partial charge in [0.1, 0.15) is 18.3 Å². The van der Waals surface area contributed by atoms with Crippen molar-refractivity contribution in [2.45, 2.75) is 63.8 Å². The van der Waals surface area contributed by atoms with Gasteiger partial charge in [0.15, 0.2) is 35.4 Å². The van der Waals surface area contributed by atoms with Crippen molar-refractivity contribution >= 4 is 42.0 Å². The second-order valence-electron chi connectivity index (χ2n) is 10.6. The van der Waals surface area contributed by atoms with Gasteiger partial charge in [-0.05, 0) is 31.7 Å². The number of nitrogens with zero attached hydrogens (tertiary/aromatic N) is 5. The quantitative estimate of drug-likeness (QED) is 0.130. The van der Waals surface area contributed by atoms with Crippen molar-refractivity contribution in [2.75, 3.05) is 26.1 Å². The number of aliphatic hydroxyl groups is 1. The van der Waals surface area contributed by atoms with Gasteiger partial charge in [0.25, 0.3) is 0 Å². The molecule has 0 saturated carbocycles. The molecule has 1 aliphatic heterocycles. The third kappa shape index (κ3) is 6.61. The Bertz CT molecular complexity index is 1720. The first-order valence-electron chi connectivity index (χ1n) is 14.3. The molecule has 45 heavy (non-hydrogen) atoms. The van der Waals surface area contributed by atoms with Crippen LogP contribution in [0.25, 0.3) is 21.9 Å². The molecule has 1 fully saturated rings. The van der Waals surface area contributed by atoms with Crippen LogP contribution < -0.4 is 24.6 Å². The summed E-state index contributed by atoms with van der Waals surface area (Å²) in [6.45, 7) is 4.61. The largest absolute Gasteiger partial charge is 0.575 e. The van der Waals surface area contributed by atoms with E-state index in [0.717, 1.165) is 11.8 Å². The molecular weight excluding hydrogens is 610 g/mol. The van der Waals surface area contributed by atoms with E-state index in [0.29, 0.717) is 11.8 Å². The Kier molecular flexibility index (Phi) is 9.63. The summed E-state index contributed by atoms with van der Waals surface area (Å²) >= 11 is 0. The Morgan fingerprint density at radius 3 is 2.84 bits per heavy atom. The molecule has 1 unspecified atom stereocenters. The van der Waals surface area contributed by atoms with Crippen molar-refractivity contribution in [3.05, 3.63) is 42.7 Å². The van der Waals surface area contributed by atoms with E-state index in [-0.39, 0.29) is 47.7 Å². The van der Waals surface area contributed by atoms with Gasteiger partial charge in [-0.25, -0.2) is 14.2 Å². The standard InChI is InChI=1S/C29H34FN6O8P/c1-5-6-13-41-26(37)16(2)35-45(39)44-22-18-10-8-7-9-17(18)11-12-19(22)42-14-20-23(30)29(3,38)27(43-20)36-15-32-21-24(36)33-28(31)34-25(21)40-4/h7-12,15-16,20,23,27,38H,5-6,13-14H2,1-4H3,(H2,31,33,34)/t16-,20+,23+,27+,29+/m0/s1. The second-order valence-corrected chi connectivity index (χ2v) is 11.5. The third-order valence-electron chi connectivity index (χ3n) is 7.31. The molecule has 6 atom stereocenters. The molecule has 3 N–H and O–H groups in total. The molecule has 5 rings (SSSR count). The predicted octanol–water partition coefficient (Wildman–Crippen LogP) is 3.60. The normalized spacial score (nSPS) is 22.5. The molecule has 2 aromatic carbocycles. The molecule has 4 aromatic rings. The average molecular weight is 645 g/mol. The number of halogens is 1. The highest BCUT2D eigenvalue weighted by atomic mass is 31.1. The van der Waals surface area contributed by atoms with Crippen molar-refractivity contribution in [1.82, 2.24) is 19.5 Å². The fraction of sp³-hybridized carbons (Fsp3) is 0.448. The number of methoxy groups -OCH3 is 1. The summed E-state index contributed by atoms with van der Waals surface area (Å²) in [5, 5.41) is 12.5. The number of benzene rings is 2. The van der Waals surface area contributed by atoms with Crippen LogP contribution in [0.3, 0.4) is 0 Å². The number of carbonyl (C=O) groups is 1. The topological polar surface area (TPSA) is 188 Å². The van der Waals surface area contributed by atoms with E-state index in [1.165, 1.54) is 31.9 Å². The number of hydrogen-bond donors (Lipinski definition) is 2. The molecule has 14 nitrogen and oxygen atoms in total. The number of hydrogen-bond acceptors (Lipinski definition) is 13. The van der Waals surface area contributed by atoms with Gasteiger partial charge in [0, 0.05) is 5.39 Å². The Balaban J connectivity index is 1.37. The van der Waals surface area contributed by atoms with Crippen LogP contribution in [0.5, 0.6) is 17.4 Å². The van der Waals surface area contributed by atoms with E-state index in [1.54, 1.807) is 24.3 Å². The Morgan fingerprint density at radius 2 is 2.09 bits per heavy atom. The molecule has 0 spiro atoms. The summed E-state index contributed by atoms with van der Waals surface area (Å²) in [6, 6.07) is 9.45. The number of ether oxygens (including phenoxy) is 4. The first-order valence-corrected chi connectivity index (χ1v) is 15.4. The molecule has 240 valence electrons. The predicted molar refractivity (Wildman–Crippen MR) is 160 cm³/mol. The summed E-state index contributed by atoms with van der Waals surface area (Å²) in [7, 11) is -1.34. The maximum absolute atomic E-state index is 15.7. The molecule has 0 bridgehead atoms. The number of fused-ring (bicyclic) bond motifs is 2. The molecule has 0 amide bonds. The van der Waals surface area contributed by atoms with Gasteiger partial charge in [0.2, 0.25) is 17.6 Å². The third-order valence-corrected chi connectivity index (χ3v) is 8.18. The highest BCUT2D eigenvalue weighted by Crippen LogP contribution is 2.44. The van der Waals surface area contributed by atoms with Crippen molar-refractivity contribution in [3.63, 3.8) is 0 Å². The van der Waals surface area contributed by atoms with Gasteiger partial charge in [-0.2, -0.15) is 9.97 Å². The van der Waals surface area contributed by atoms with Crippen molar-refractivity contribution in [3.8, 4) is 17.4 Å². The SMILES string of the molecule is CCCCOC(=O)[C@H](C)N=[P+]([O-])Oc1c(OC[C@H]2O[C@@H](n3cnc4c(OC)nc(N)nc43)[C@](C)(O)[C@@H]2F)ccc2ccccc12. The highest BCUT2D eigenvalue weighted by molar-refractivity contribution is 7.34. The van der Waals surface area contributed by atoms with Crippen molar-refractivity contribution in [2.24, 2.45) is 4.74 Å². The van der Waals surface area contributed by atoms with Gasteiger partial charge < -0.3 is 34.7 Å². The summed E-state index contributed by atoms with van der Waals surface area (Å²) < 4.78 is 49.1. The van der Waals surface area contributed by atoms with Gasteiger partial charge >= 0.3 is 14.1 Å². The fourth-order valence-corrected chi connectivity index (χ4v) is 5.68.